The number of benzene rings is 1. The molecule has 124 valence electrons. The van der Waals surface area contributed by atoms with Crippen molar-refractivity contribution in [1.82, 2.24) is 10.2 Å². The first-order valence-electron chi connectivity index (χ1n) is 8.41. The lowest BCUT2D eigenvalue weighted by Crippen LogP contribution is -2.44. The molecule has 1 aromatic carbocycles. The summed E-state index contributed by atoms with van der Waals surface area (Å²) in [6, 6.07) is 9.17. The van der Waals surface area contributed by atoms with E-state index in [1.807, 2.05) is 6.92 Å². The van der Waals surface area contributed by atoms with Gasteiger partial charge in [0.25, 0.3) is 0 Å². The number of piperazine rings is 1. The van der Waals surface area contributed by atoms with Crippen molar-refractivity contribution >= 4 is 17.2 Å². The maximum Gasteiger partial charge on any atom is 0.120 e. The molecule has 1 saturated carbocycles. The van der Waals surface area contributed by atoms with E-state index < -0.39 is 0 Å². The van der Waals surface area contributed by atoms with Gasteiger partial charge in [-0.25, -0.2) is 4.99 Å². The van der Waals surface area contributed by atoms with Crippen molar-refractivity contribution in [2.24, 2.45) is 4.99 Å². The van der Waals surface area contributed by atoms with Gasteiger partial charge in [0.05, 0.1) is 0 Å². The predicted octanol–water partition coefficient (Wildman–Crippen LogP) is 2.49. The van der Waals surface area contributed by atoms with Crippen LogP contribution in [-0.4, -0.2) is 50.0 Å². The van der Waals surface area contributed by atoms with Gasteiger partial charge in [-0.1, -0.05) is 6.58 Å². The molecule has 0 unspecified atom stereocenters. The minimum Gasteiger partial charge on any atom is -0.369 e. The lowest BCUT2D eigenvalue weighted by atomic mass is 10.2. The van der Waals surface area contributed by atoms with Crippen molar-refractivity contribution in [2.45, 2.75) is 25.8 Å². The smallest absolute Gasteiger partial charge is 0.120 e. The van der Waals surface area contributed by atoms with E-state index >= 15 is 0 Å². The Morgan fingerprint density at radius 2 is 1.78 bits per heavy atom. The minimum atomic E-state index is 0.585. The van der Waals surface area contributed by atoms with E-state index in [0.717, 1.165) is 43.5 Å². The summed E-state index contributed by atoms with van der Waals surface area (Å²) in [5, 5.41) is 6.62. The molecule has 3 rings (SSSR count). The summed E-state index contributed by atoms with van der Waals surface area (Å²) in [5.41, 5.74) is 2.35. The summed E-state index contributed by atoms with van der Waals surface area (Å²) in [4.78, 5) is 9.26. The van der Waals surface area contributed by atoms with Crippen molar-refractivity contribution in [3.05, 3.63) is 36.7 Å². The number of anilines is 2. The monoisotopic (exact) mass is 313 g/mol. The van der Waals surface area contributed by atoms with E-state index in [1.54, 1.807) is 0 Å². The van der Waals surface area contributed by atoms with Gasteiger partial charge in [-0.2, -0.15) is 0 Å². The lowest BCUT2D eigenvalue weighted by molar-refractivity contribution is 0.313. The Labute approximate surface area is 139 Å². The summed E-state index contributed by atoms with van der Waals surface area (Å²) in [5.74, 6) is 1.60. The van der Waals surface area contributed by atoms with Gasteiger partial charge >= 0.3 is 0 Å². The maximum atomic E-state index is 4.46. The molecule has 1 aliphatic carbocycles. The van der Waals surface area contributed by atoms with Gasteiger partial charge in [0, 0.05) is 43.6 Å². The van der Waals surface area contributed by atoms with Gasteiger partial charge in [-0.15, -0.1) is 0 Å². The molecular weight excluding hydrogens is 286 g/mol. The van der Waals surface area contributed by atoms with Gasteiger partial charge < -0.3 is 20.4 Å². The summed E-state index contributed by atoms with van der Waals surface area (Å²) < 4.78 is 0. The van der Waals surface area contributed by atoms with Crippen LogP contribution in [0, 0.1) is 0 Å². The second-order valence-electron chi connectivity index (χ2n) is 6.52. The fraction of sp³-hybridized carbons (Fsp3) is 0.500. The number of hydrogen-bond donors (Lipinski definition) is 2. The van der Waals surface area contributed by atoms with Gasteiger partial charge in [-0.05, 0) is 51.1 Å². The number of hydrogen-bond acceptors (Lipinski definition) is 4. The van der Waals surface area contributed by atoms with Crippen LogP contribution in [0.2, 0.25) is 0 Å². The number of aliphatic imine (C=N–C) groups is 1. The molecule has 2 aliphatic rings. The minimum absolute atomic E-state index is 0.585. The van der Waals surface area contributed by atoms with Crippen LogP contribution in [0.3, 0.4) is 0 Å². The maximum absolute atomic E-state index is 4.46. The largest absolute Gasteiger partial charge is 0.369 e. The normalized spacial score (nSPS) is 19.6. The highest BCUT2D eigenvalue weighted by Gasteiger charge is 2.20. The van der Waals surface area contributed by atoms with E-state index in [4.69, 9.17) is 0 Å². The average Bonchev–Trinajstić information content (AvgIpc) is 3.32. The van der Waals surface area contributed by atoms with Crippen LogP contribution in [-0.2, 0) is 0 Å². The zero-order valence-electron chi connectivity index (χ0n) is 14.2. The Bertz CT molecular complexity index is 566. The van der Waals surface area contributed by atoms with Crippen LogP contribution in [0.4, 0.5) is 11.4 Å². The number of amidine groups is 1. The van der Waals surface area contributed by atoms with Crippen LogP contribution in [0.5, 0.6) is 0 Å². The van der Waals surface area contributed by atoms with Gasteiger partial charge in [0.15, 0.2) is 0 Å². The van der Waals surface area contributed by atoms with Crippen molar-refractivity contribution in [3.63, 3.8) is 0 Å². The van der Waals surface area contributed by atoms with E-state index in [1.165, 1.54) is 18.5 Å². The number of nitrogens with one attached hydrogen (secondary N) is 2. The van der Waals surface area contributed by atoms with E-state index in [2.05, 4.69) is 63.3 Å². The lowest BCUT2D eigenvalue weighted by Gasteiger charge is -2.34. The van der Waals surface area contributed by atoms with Crippen molar-refractivity contribution in [2.75, 3.05) is 43.4 Å². The molecule has 5 heteroatoms. The second kappa shape index (κ2) is 7.04. The predicted molar refractivity (Wildman–Crippen MR) is 98.2 cm³/mol. The standard InChI is InChI=1S/C18H27N5/c1-14(20-16-4-5-16)19-15(2)21-17-6-8-18(9-7-17)23-12-10-22(3)11-13-23/h6-9,16,20H,1,4-5,10-13H2,2-3H3,(H,19,21). The van der Waals surface area contributed by atoms with Crippen LogP contribution in [0.25, 0.3) is 0 Å². The topological polar surface area (TPSA) is 42.9 Å². The van der Waals surface area contributed by atoms with Crippen molar-refractivity contribution < 1.29 is 0 Å². The zero-order valence-corrected chi connectivity index (χ0v) is 14.2. The molecule has 1 saturated heterocycles. The Morgan fingerprint density at radius 3 is 2.39 bits per heavy atom. The summed E-state index contributed by atoms with van der Waals surface area (Å²) >= 11 is 0. The van der Waals surface area contributed by atoms with E-state index in [9.17, 15) is 0 Å². The fourth-order valence-corrected chi connectivity index (χ4v) is 2.76. The SMILES string of the molecule is C=C(N=C(C)Nc1ccc(N2CCN(C)CC2)cc1)NC1CC1. The van der Waals surface area contributed by atoms with Crippen molar-refractivity contribution in [3.8, 4) is 0 Å². The summed E-state index contributed by atoms with van der Waals surface area (Å²) in [7, 11) is 2.18. The molecule has 1 aliphatic heterocycles. The Hall–Kier alpha value is -2.01. The van der Waals surface area contributed by atoms with E-state index in [0.29, 0.717) is 6.04 Å². The first-order chi connectivity index (χ1) is 11.1. The molecule has 2 fully saturated rings. The molecular formula is C18H27N5. The highest BCUT2D eigenvalue weighted by atomic mass is 15.2. The van der Waals surface area contributed by atoms with Gasteiger partial charge in [0.2, 0.25) is 0 Å². The summed E-state index contributed by atoms with van der Waals surface area (Å²) in [6.07, 6.45) is 2.46. The molecule has 1 heterocycles. The highest BCUT2D eigenvalue weighted by Crippen LogP contribution is 2.21. The fourth-order valence-electron chi connectivity index (χ4n) is 2.76. The second-order valence-corrected chi connectivity index (χ2v) is 6.52. The molecule has 0 atom stereocenters. The molecule has 23 heavy (non-hydrogen) atoms. The molecule has 0 bridgehead atoms. The highest BCUT2D eigenvalue weighted by molar-refractivity contribution is 5.94. The molecule has 5 nitrogen and oxygen atoms in total. The number of likely N-dealkylation sites (N-methyl/N-ethyl adjacent to an activating group) is 1. The number of nitrogens with zero attached hydrogens (tertiary/aromatic N) is 3. The Kier molecular flexibility index (Phi) is 4.86. The average molecular weight is 313 g/mol. The Morgan fingerprint density at radius 1 is 1.13 bits per heavy atom. The first kappa shape index (κ1) is 15.9. The van der Waals surface area contributed by atoms with Crippen LogP contribution < -0.4 is 15.5 Å². The molecule has 0 aromatic heterocycles. The van der Waals surface area contributed by atoms with Gasteiger partial charge in [-0.3, -0.25) is 0 Å². The third-order valence-electron chi connectivity index (χ3n) is 4.31. The molecule has 0 spiro atoms. The van der Waals surface area contributed by atoms with Crippen molar-refractivity contribution in [1.29, 1.82) is 0 Å². The quantitative estimate of drug-likeness (QED) is 0.647. The molecule has 2 N–H and O–H groups in total. The molecule has 0 amide bonds. The molecule has 0 radical (unpaired) electrons. The van der Waals surface area contributed by atoms with Gasteiger partial charge in [0.1, 0.15) is 11.7 Å². The first-order valence-corrected chi connectivity index (χ1v) is 8.41. The number of rotatable bonds is 5. The zero-order chi connectivity index (χ0) is 16.2. The van der Waals surface area contributed by atoms with Crippen LogP contribution in [0.1, 0.15) is 19.8 Å². The summed E-state index contributed by atoms with van der Waals surface area (Å²) in [6.45, 7) is 10.4. The third-order valence-corrected chi connectivity index (χ3v) is 4.31. The van der Waals surface area contributed by atoms with E-state index in [-0.39, 0.29) is 0 Å². The third kappa shape index (κ3) is 4.73. The van der Waals surface area contributed by atoms with Crippen LogP contribution >= 0.6 is 0 Å². The molecule has 1 aromatic rings. The Balaban J connectivity index is 1.54. The van der Waals surface area contributed by atoms with Crippen LogP contribution in [0.15, 0.2) is 41.7 Å².